The number of aryl methyl sites for hydroxylation is 1. The van der Waals surface area contributed by atoms with Crippen molar-refractivity contribution < 1.29 is 35.9 Å². The third kappa shape index (κ3) is 7.01. The van der Waals surface area contributed by atoms with Crippen LogP contribution in [0.25, 0.3) is 0 Å². The number of halogens is 4. The molecule has 0 atom stereocenters. The van der Waals surface area contributed by atoms with E-state index >= 15 is 0 Å². The summed E-state index contributed by atoms with van der Waals surface area (Å²) in [6.07, 6.45) is -3.45. The number of hydrogen-bond acceptors (Lipinski definition) is 5. The molecule has 0 heterocycles. The highest BCUT2D eigenvalue weighted by Crippen LogP contribution is 2.33. The summed E-state index contributed by atoms with van der Waals surface area (Å²) in [6, 6.07) is 13.9. The number of rotatable bonds is 9. The van der Waals surface area contributed by atoms with Crippen LogP contribution >= 0.6 is 15.9 Å². The minimum Gasteiger partial charge on any atom is -0.452 e. The maximum absolute atomic E-state index is 13.4. The number of carbonyl (C=O) groups is 2. The van der Waals surface area contributed by atoms with Crippen LogP contribution in [0.1, 0.15) is 21.5 Å². The molecule has 1 amide bonds. The number of esters is 1. The first-order valence-corrected chi connectivity index (χ1v) is 13.2. The van der Waals surface area contributed by atoms with Gasteiger partial charge in [-0.1, -0.05) is 24.3 Å². The van der Waals surface area contributed by atoms with Gasteiger partial charge in [0.05, 0.1) is 33.9 Å². The third-order valence-electron chi connectivity index (χ3n) is 5.15. The fourth-order valence-corrected chi connectivity index (χ4v) is 5.40. The Balaban J connectivity index is 1.79. The summed E-state index contributed by atoms with van der Waals surface area (Å²) in [4.78, 5) is 24.4. The molecule has 0 aliphatic carbocycles. The minimum atomic E-state index is -4.68. The number of nitrogens with one attached hydrogen (secondary N) is 1. The van der Waals surface area contributed by atoms with Crippen LogP contribution in [-0.4, -0.2) is 33.4 Å². The Labute approximate surface area is 226 Å². The Kier molecular flexibility index (Phi) is 9.00. The lowest BCUT2D eigenvalue weighted by molar-refractivity contribution is -0.137. The quantitative estimate of drug-likeness (QED) is 0.239. The molecular formula is C26H22BrF3N2O5S. The molecule has 0 bridgehead atoms. The maximum Gasteiger partial charge on any atom is 0.416 e. The van der Waals surface area contributed by atoms with Crippen LogP contribution in [-0.2, 0) is 25.7 Å². The molecule has 0 aliphatic heterocycles. The average Bonchev–Trinajstić information content (AvgIpc) is 2.87. The predicted molar refractivity (Wildman–Crippen MR) is 140 cm³/mol. The van der Waals surface area contributed by atoms with Crippen molar-refractivity contribution in [1.82, 2.24) is 0 Å². The summed E-state index contributed by atoms with van der Waals surface area (Å²) in [6.45, 7) is 4.40. The third-order valence-corrected chi connectivity index (χ3v) is 7.59. The Hall–Kier alpha value is -3.64. The van der Waals surface area contributed by atoms with E-state index in [0.29, 0.717) is 16.2 Å². The molecular weight excluding hydrogens is 589 g/mol. The van der Waals surface area contributed by atoms with Gasteiger partial charge in [-0.15, -0.1) is 6.58 Å². The van der Waals surface area contributed by atoms with Gasteiger partial charge in [-0.05, 0) is 76.9 Å². The lowest BCUT2D eigenvalue weighted by Crippen LogP contribution is -2.31. The van der Waals surface area contributed by atoms with E-state index in [9.17, 15) is 31.2 Å². The monoisotopic (exact) mass is 610 g/mol. The highest BCUT2D eigenvalue weighted by Gasteiger charge is 2.32. The van der Waals surface area contributed by atoms with E-state index < -0.39 is 40.2 Å². The molecule has 200 valence electrons. The van der Waals surface area contributed by atoms with E-state index in [2.05, 4.69) is 27.8 Å². The van der Waals surface area contributed by atoms with Crippen LogP contribution in [0.4, 0.5) is 24.5 Å². The van der Waals surface area contributed by atoms with Gasteiger partial charge in [0.2, 0.25) is 0 Å². The van der Waals surface area contributed by atoms with Gasteiger partial charge in [0.25, 0.3) is 15.9 Å². The van der Waals surface area contributed by atoms with Crippen LogP contribution in [0.3, 0.4) is 0 Å². The second-order valence-corrected chi connectivity index (χ2v) is 10.7. The SMILES string of the molecule is C=CCN(c1cccc(C(F)(F)F)c1)S(=O)(=O)c1cccc(C(=O)OCC(=O)Nc2ccc(C)cc2Br)c1. The van der Waals surface area contributed by atoms with Crippen LogP contribution in [0.5, 0.6) is 0 Å². The molecule has 0 radical (unpaired) electrons. The molecule has 0 fully saturated rings. The molecule has 12 heteroatoms. The normalized spacial score (nSPS) is 11.5. The lowest BCUT2D eigenvalue weighted by atomic mass is 10.2. The van der Waals surface area contributed by atoms with Gasteiger partial charge < -0.3 is 10.1 Å². The molecule has 7 nitrogen and oxygen atoms in total. The largest absolute Gasteiger partial charge is 0.452 e. The van der Waals surface area contributed by atoms with Crippen molar-refractivity contribution in [1.29, 1.82) is 0 Å². The van der Waals surface area contributed by atoms with Crippen molar-refractivity contribution in [3.63, 3.8) is 0 Å². The van der Waals surface area contributed by atoms with Gasteiger partial charge in [-0.25, -0.2) is 13.2 Å². The average molecular weight is 611 g/mol. The van der Waals surface area contributed by atoms with Crippen molar-refractivity contribution in [2.45, 2.75) is 18.0 Å². The molecule has 1 N–H and O–H groups in total. The van der Waals surface area contributed by atoms with E-state index in [4.69, 9.17) is 4.74 Å². The van der Waals surface area contributed by atoms with Gasteiger partial charge in [-0.3, -0.25) is 9.10 Å². The van der Waals surface area contributed by atoms with Gasteiger partial charge in [-0.2, -0.15) is 13.2 Å². The molecule has 38 heavy (non-hydrogen) atoms. The molecule has 3 rings (SSSR count). The second kappa shape index (κ2) is 11.8. The first-order valence-electron chi connectivity index (χ1n) is 11.0. The number of ether oxygens (including phenoxy) is 1. The maximum atomic E-state index is 13.4. The number of sulfonamides is 1. The van der Waals surface area contributed by atoms with Gasteiger partial charge in [0.1, 0.15) is 0 Å². The zero-order chi connectivity index (χ0) is 28.1. The van der Waals surface area contributed by atoms with Gasteiger partial charge >= 0.3 is 12.1 Å². The number of carbonyl (C=O) groups excluding carboxylic acids is 2. The van der Waals surface area contributed by atoms with E-state index in [1.807, 2.05) is 6.92 Å². The highest BCUT2D eigenvalue weighted by atomic mass is 79.9. The zero-order valence-corrected chi connectivity index (χ0v) is 22.4. The molecule has 0 unspecified atom stereocenters. The Bertz CT molecular complexity index is 1480. The van der Waals surface area contributed by atoms with Crippen molar-refractivity contribution in [2.24, 2.45) is 0 Å². The molecule has 0 saturated carbocycles. The first-order chi connectivity index (χ1) is 17.8. The number of anilines is 2. The van der Waals surface area contributed by atoms with Crippen LogP contribution < -0.4 is 9.62 Å². The van der Waals surface area contributed by atoms with Crippen LogP contribution in [0.15, 0.2) is 88.8 Å². The molecule has 3 aromatic carbocycles. The molecule has 0 saturated heterocycles. The number of amides is 1. The first kappa shape index (κ1) is 28.9. The highest BCUT2D eigenvalue weighted by molar-refractivity contribution is 9.10. The Morgan fingerprint density at radius 1 is 1.08 bits per heavy atom. The number of benzene rings is 3. The Morgan fingerprint density at radius 2 is 1.79 bits per heavy atom. The van der Waals surface area contributed by atoms with Crippen molar-refractivity contribution in [2.75, 3.05) is 22.8 Å². The molecule has 3 aromatic rings. The van der Waals surface area contributed by atoms with Gasteiger partial charge in [0.15, 0.2) is 6.61 Å². The minimum absolute atomic E-state index is 0.169. The number of hydrogen-bond donors (Lipinski definition) is 1. The smallest absolute Gasteiger partial charge is 0.416 e. The summed E-state index contributed by atoms with van der Waals surface area (Å²) in [5.41, 5.74) is 0.0228. The van der Waals surface area contributed by atoms with Crippen LogP contribution in [0.2, 0.25) is 0 Å². The molecule has 0 aromatic heterocycles. The standard InChI is InChI=1S/C26H22BrF3N2O5S/c1-3-12-32(20-8-5-7-19(15-20)26(28,29)30)38(35,36)21-9-4-6-18(14-21)25(34)37-16-24(33)31-23-11-10-17(2)13-22(23)27/h3-11,13-15H,1,12,16H2,2H3,(H,31,33). The van der Waals surface area contributed by atoms with Crippen molar-refractivity contribution >= 4 is 49.2 Å². The van der Waals surface area contributed by atoms with E-state index in [-0.39, 0.29) is 22.7 Å². The summed E-state index contributed by atoms with van der Waals surface area (Å²) < 4.78 is 72.7. The van der Waals surface area contributed by atoms with E-state index in [1.165, 1.54) is 30.3 Å². The van der Waals surface area contributed by atoms with Crippen molar-refractivity contribution in [3.8, 4) is 0 Å². The summed E-state index contributed by atoms with van der Waals surface area (Å²) >= 11 is 3.33. The summed E-state index contributed by atoms with van der Waals surface area (Å²) in [5.74, 6) is -1.58. The zero-order valence-electron chi connectivity index (χ0n) is 20.0. The fraction of sp³-hybridized carbons (Fsp3) is 0.154. The topological polar surface area (TPSA) is 92.8 Å². The Morgan fingerprint density at radius 3 is 2.45 bits per heavy atom. The molecule has 0 spiro atoms. The van der Waals surface area contributed by atoms with Gasteiger partial charge in [0, 0.05) is 4.47 Å². The summed E-state index contributed by atoms with van der Waals surface area (Å²) in [5, 5.41) is 2.59. The number of alkyl halides is 3. The fourth-order valence-electron chi connectivity index (χ4n) is 3.33. The van der Waals surface area contributed by atoms with E-state index in [0.717, 1.165) is 28.1 Å². The summed E-state index contributed by atoms with van der Waals surface area (Å²) in [7, 11) is -4.41. The van der Waals surface area contributed by atoms with E-state index in [1.54, 1.807) is 18.2 Å². The number of nitrogens with zero attached hydrogens (tertiary/aromatic N) is 1. The molecule has 0 aliphatic rings. The predicted octanol–water partition coefficient (Wildman–Crippen LogP) is 5.95. The van der Waals surface area contributed by atoms with Crippen LogP contribution in [0, 0.1) is 6.92 Å². The van der Waals surface area contributed by atoms with Crippen molar-refractivity contribution in [3.05, 3.63) is 101 Å². The second-order valence-electron chi connectivity index (χ2n) is 8.01. The lowest BCUT2D eigenvalue weighted by Gasteiger charge is -2.24.